The van der Waals surface area contributed by atoms with Crippen molar-refractivity contribution >= 4 is 16.9 Å². The van der Waals surface area contributed by atoms with Crippen LogP contribution in [0.3, 0.4) is 0 Å². The van der Waals surface area contributed by atoms with E-state index in [1.165, 1.54) is 11.1 Å². The molecule has 2 aromatic carbocycles. The van der Waals surface area contributed by atoms with Gasteiger partial charge in [-0.05, 0) is 56.2 Å². The molecule has 0 fully saturated rings. The minimum Gasteiger partial charge on any atom is -0.492 e. The maximum Gasteiger partial charge on any atom is 0.246 e. The molecule has 0 atom stereocenters. The van der Waals surface area contributed by atoms with E-state index in [-0.39, 0.29) is 5.91 Å². The fourth-order valence-electron chi connectivity index (χ4n) is 2.88. The monoisotopic (exact) mass is 363 g/mol. The lowest BCUT2D eigenvalue weighted by molar-refractivity contribution is -0.117. The summed E-state index contributed by atoms with van der Waals surface area (Å²) in [6.07, 6.45) is 0. The summed E-state index contributed by atoms with van der Waals surface area (Å²) in [5.41, 5.74) is 4.88. The van der Waals surface area contributed by atoms with Crippen LogP contribution in [0.2, 0.25) is 0 Å². The molecular formula is C22H25N3O2. The number of hydrogen-bond acceptors (Lipinski definition) is 3. The molecule has 0 saturated carbocycles. The predicted molar refractivity (Wildman–Crippen MR) is 108 cm³/mol. The Bertz CT molecular complexity index is 988. The van der Waals surface area contributed by atoms with Gasteiger partial charge in [-0.3, -0.25) is 4.79 Å². The van der Waals surface area contributed by atoms with Gasteiger partial charge < -0.3 is 14.6 Å². The average Bonchev–Trinajstić information content (AvgIpc) is 3.00. The molecule has 0 radical (unpaired) electrons. The molecule has 140 valence electrons. The van der Waals surface area contributed by atoms with E-state index >= 15 is 0 Å². The van der Waals surface area contributed by atoms with Gasteiger partial charge in [0, 0.05) is 5.57 Å². The van der Waals surface area contributed by atoms with Gasteiger partial charge in [0.2, 0.25) is 5.91 Å². The molecule has 27 heavy (non-hydrogen) atoms. The number of hydrogen-bond donors (Lipinski definition) is 1. The summed E-state index contributed by atoms with van der Waals surface area (Å²) in [5, 5.41) is 2.86. The first-order valence-electron chi connectivity index (χ1n) is 9.03. The van der Waals surface area contributed by atoms with Crippen molar-refractivity contribution in [3.05, 3.63) is 71.6 Å². The highest BCUT2D eigenvalue weighted by atomic mass is 16.5. The lowest BCUT2D eigenvalue weighted by Crippen LogP contribution is -2.25. The van der Waals surface area contributed by atoms with Gasteiger partial charge in [0.05, 0.1) is 24.1 Å². The van der Waals surface area contributed by atoms with Crippen molar-refractivity contribution in [2.24, 2.45) is 0 Å². The Morgan fingerprint density at radius 3 is 2.70 bits per heavy atom. The number of carbonyl (C=O) groups is 1. The van der Waals surface area contributed by atoms with Crippen LogP contribution in [-0.2, 0) is 17.9 Å². The molecule has 1 aromatic heterocycles. The van der Waals surface area contributed by atoms with E-state index in [0.717, 1.165) is 22.6 Å². The second-order valence-electron chi connectivity index (χ2n) is 6.73. The normalized spacial score (nSPS) is 10.8. The molecule has 0 bridgehead atoms. The quantitative estimate of drug-likeness (QED) is 0.647. The van der Waals surface area contributed by atoms with Crippen LogP contribution in [-0.4, -0.2) is 22.1 Å². The van der Waals surface area contributed by atoms with Gasteiger partial charge in [0.25, 0.3) is 0 Å². The molecule has 0 aliphatic heterocycles. The van der Waals surface area contributed by atoms with E-state index in [9.17, 15) is 4.79 Å². The summed E-state index contributed by atoms with van der Waals surface area (Å²) in [5.74, 6) is 1.49. The van der Waals surface area contributed by atoms with Gasteiger partial charge in [-0.2, -0.15) is 0 Å². The third-order valence-electron chi connectivity index (χ3n) is 4.59. The lowest BCUT2D eigenvalue weighted by atomic mass is 10.1. The van der Waals surface area contributed by atoms with Crippen LogP contribution < -0.4 is 10.1 Å². The van der Waals surface area contributed by atoms with E-state index in [1.54, 1.807) is 6.92 Å². The maximum absolute atomic E-state index is 11.8. The molecule has 5 heteroatoms. The van der Waals surface area contributed by atoms with Gasteiger partial charge in [0.1, 0.15) is 18.2 Å². The van der Waals surface area contributed by atoms with E-state index < -0.39 is 0 Å². The minimum atomic E-state index is -0.167. The van der Waals surface area contributed by atoms with Crippen LogP contribution in [0.4, 0.5) is 0 Å². The van der Waals surface area contributed by atoms with Crippen molar-refractivity contribution in [3.63, 3.8) is 0 Å². The molecule has 0 saturated heterocycles. The maximum atomic E-state index is 11.8. The summed E-state index contributed by atoms with van der Waals surface area (Å²) >= 11 is 0. The number of amides is 1. The number of aryl methyl sites for hydroxylation is 2. The number of benzene rings is 2. The number of para-hydroxylation sites is 2. The van der Waals surface area contributed by atoms with Crippen molar-refractivity contribution in [1.29, 1.82) is 0 Å². The van der Waals surface area contributed by atoms with Gasteiger partial charge in [0.15, 0.2) is 0 Å². The van der Waals surface area contributed by atoms with Crippen molar-refractivity contribution in [1.82, 2.24) is 14.9 Å². The first-order valence-corrected chi connectivity index (χ1v) is 9.03. The number of imidazole rings is 1. The number of ether oxygens (including phenoxy) is 1. The zero-order valence-corrected chi connectivity index (χ0v) is 16.1. The van der Waals surface area contributed by atoms with E-state index in [4.69, 9.17) is 4.74 Å². The Balaban J connectivity index is 1.75. The summed E-state index contributed by atoms with van der Waals surface area (Å²) in [7, 11) is 0. The first-order chi connectivity index (χ1) is 13.0. The highest BCUT2D eigenvalue weighted by Gasteiger charge is 2.12. The predicted octanol–water partition coefficient (Wildman–Crippen LogP) is 3.92. The molecule has 5 nitrogen and oxygen atoms in total. The highest BCUT2D eigenvalue weighted by Crippen LogP contribution is 2.18. The highest BCUT2D eigenvalue weighted by molar-refractivity contribution is 5.92. The van der Waals surface area contributed by atoms with Crippen molar-refractivity contribution in [3.8, 4) is 5.75 Å². The van der Waals surface area contributed by atoms with Crippen molar-refractivity contribution in [2.45, 2.75) is 33.9 Å². The summed E-state index contributed by atoms with van der Waals surface area (Å²) < 4.78 is 8.03. The number of nitrogens with one attached hydrogen (secondary N) is 1. The van der Waals surface area contributed by atoms with Gasteiger partial charge in [-0.15, -0.1) is 0 Å². The third-order valence-corrected chi connectivity index (χ3v) is 4.59. The number of aromatic nitrogens is 2. The van der Waals surface area contributed by atoms with Gasteiger partial charge >= 0.3 is 0 Å². The Labute approximate surface area is 159 Å². The van der Waals surface area contributed by atoms with E-state index in [1.807, 2.05) is 30.3 Å². The van der Waals surface area contributed by atoms with Crippen molar-refractivity contribution in [2.75, 3.05) is 6.61 Å². The topological polar surface area (TPSA) is 56.2 Å². The zero-order chi connectivity index (χ0) is 19.4. The van der Waals surface area contributed by atoms with Gasteiger partial charge in [-0.25, -0.2) is 4.98 Å². The minimum absolute atomic E-state index is 0.167. The van der Waals surface area contributed by atoms with Crippen LogP contribution in [0.1, 0.15) is 23.9 Å². The number of rotatable bonds is 7. The Hall–Kier alpha value is -3.08. The Morgan fingerprint density at radius 2 is 1.96 bits per heavy atom. The fourth-order valence-corrected chi connectivity index (χ4v) is 2.88. The molecule has 0 aliphatic carbocycles. The van der Waals surface area contributed by atoms with Gasteiger partial charge in [-0.1, -0.05) is 24.8 Å². The second kappa shape index (κ2) is 8.08. The molecular weight excluding hydrogens is 338 g/mol. The van der Waals surface area contributed by atoms with Crippen LogP contribution in [0.5, 0.6) is 5.75 Å². The van der Waals surface area contributed by atoms with Crippen LogP contribution in [0.25, 0.3) is 11.0 Å². The number of carbonyl (C=O) groups excluding carboxylic acids is 1. The van der Waals surface area contributed by atoms with E-state index in [0.29, 0.717) is 25.3 Å². The molecule has 0 aliphatic rings. The molecule has 3 aromatic rings. The lowest BCUT2D eigenvalue weighted by Gasteiger charge is -2.12. The SMILES string of the molecule is C=C(C)C(=O)NCc1nc2ccccc2n1CCOc1ccc(C)c(C)c1. The number of fused-ring (bicyclic) bond motifs is 1. The summed E-state index contributed by atoms with van der Waals surface area (Å²) in [6, 6.07) is 14.1. The molecule has 1 amide bonds. The van der Waals surface area contributed by atoms with Crippen LogP contribution in [0.15, 0.2) is 54.6 Å². The average molecular weight is 363 g/mol. The van der Waals surface area contributed by atoms with Crippen molar-refractivity contribution < 1.29 is 9.53 Å². The van der Waals surface area contributed by atoms with Crippen LogP contribution in [0, 0.1) is 13.8 Å². The largest absolute Gasteiger partial charge is 0.492 e. The third kappa shape index (κ3) is 4.37. The molecule has 1 N–H and O–H groups in total. The Kier molecular flexibility index (Phi) is 5.60. The molecule has 0 unspecified atom stereocenters. The zero-order valence-electron chi connectivity index (χ0n) is 16.1. The summed E-state index contributed by atoms with van der Waals surface area (Å²) in [4.78, 5) is 16.5. The molecule has 0 spiro atoms. The smallest absolute Gasteiger partial charge is 0.246 e. The number of nitrogens with zero attached hydrogens (tertiary/aromatic N) is 2. The first kappa shape index (κ1) is 18.7. The Morgan fingerprint density at radius 1 is 1.19 bits per heavy atom. The second-order valence-corrected chi connectivity index (χ2v) is 6.73. The molecule has 3 rings (SSSR count). The fraction of sp³-hybridized carbons (Fsp3) is 0.273. The summed E-state index contributed by atoms with van der Waals surface area (Å²) in [6.45, 7) is 11.0. The van der Waals surface area contributed by atoms with E-state index in [2.05, 4.69) is 47.4 Å². The standard InChI is InChI=1S/C22H25N3O2/c1-15(2)22(26)23-14-21-24-19-7-5-6-8-20(19)25(21)11-12-27-18-10-9-16(3)17(4)13-18/h5-10,13H,1,11-12,14H2,2-4H3,(H,23,26). The molecule has 1 heterocycles. The van der Waals surface area contributed by atoms with Crippen LogP contribution >= 0.6 is 0 Å².